The molecular formula is C15H25NOS. The first-order valence-corrected chi connectivity index (χ1v) is 7.89. The fourth-order valence-corrected chi connectivity index (χ4v) is 2.70. The molecule has 102 valence electrons. The molecule has 0 bridgehead atoms. The highest BCUT2D eigenvalue weighted by Gasteiger charge is 2.14. The number of aliphatic hydroxyl groups excluding tert-OH is 1. The molecule has 0 aliphatic rings. The van der Waals surface area contributed by atoms with Gasteiger partial charge in [-0.15, -0.1) is 0 Å². The van der Waals surface area contributed by atoms with E-state index >= 15 is 0 Å². The highest BCUT2D eigenvalue weighted by molar-refractivity contribution is 7.99. The molecule has 0 heterocycles. The lowest BCUT2D eigenvalue weighted by Gasteiger charge is -2.22. The molecule has 2 nitrogen and oxygen atoms in total. The Labute approximate surface area is 115 Å². The number of hydrogen-bond donors (Lipinski definition) is 2. The number of rotatable bonds is 8. The van der Waals surface area contributed by atoms with Gasteiger partial charge >= 0.3 is 0 Å². The van der Waals surface area contributed by atoms with Crippen molar-refractivity contribution >= 4 is 11.8 Å². The Morgan fingerprint density at radius 3 is 2.44 bits per heavy atom. The summed E-state index contributed by atoms with van der Waals surface area (Å²) in [7, 11) is 0. The molecule has 3 unspecified atom stereocenters. The van der Waals surface area contributed by atoms with Gasteiger partial charge in [0.1, 0.15) is 0 Å². The summed E-state index contributed by atoms with van der Waals surface area (Å²) in [6.07, 6.45) is 3.17. The summed E-state index contributed by atoms with van der Waals surface area (Å²) >= 11 is 1.72. The number of aliphatic hydroxyl groups is 1. The summed E-state index contributed by atoms with van der Waals surface area (Å²) in [5.41, 5.74) is 1.40. The quantitative estimate of drug-likeness (QED) is 0.759. The zero-order valence-corrected chi connectivity index (χ0v) is 12.4. The first kappa shape index (κ1) is 15.5. The van der Waals surface area contributed by atoms with Gasteiger partial charge in [-0.1, -0.05) is 37.3 Å². The first-order valence-electron chi connectivity index (χ1n) is 6.61. The van der Waals surface area contributed by atoms with Crippen molar-refractivity contribution in [2.45, 2.75) is 37.5 Å². The minimum atomic E-state index is 0.240. The van der Waals surface area contributed by atoms with E-state index in [-0.39, 0.29) is 11.9 Å². The molecule has 3 atom stereocenters. The van der Waals surface area contributed by atoms with Crippen LogP contribution in [0.5, 0.6) is 0 Å². The molecule has 1 rings (SSSR count). The molecule has 0 aromatic heterocycles. The van der Waals surface area contributed by atoms with Gasteiger partial charge in [0, 0.05) is 11.3 Å². The summed E-state index contributed by atoms with van der Waals surface area (Å²) in [5, 5.41) is 13.0. The highest BCUT2D eigenvalue weighted by atomic mass is 32.2. The minimum absolute atomic E-state index is 0.240. The maximum Gasteiger partial charge on any atom is 0.0564 e. The Balaban J connectivity index is 2.29. The van der Waals surface area contributed by atoms with E-state index in [1.807, 2.05) is 6.26 Å². The van der Waals surface area contributed by atoms with Crippen molar-refractivity contribution in [3.63, 3.8) is 0 Å². The zero-order valence-electron chi connectivity index (χ0n) is 11.6. The van der Waals surface area contributed by atoms with E-state index < -0.39 is 0 Å². The van der Waals surface area contributed by atoms with Gasteiger partial charge in [-0.3, -0.25) is 0 Å². The molecule has 0 saturated carbocycles. The number of nitrogens with one attached hydrogen (secondary N) is 1. The Morgan fingerprint density at radius 1 is 1.22 bits per heavy atom. The van der Waals surface area contributed by atoms with Crippen LogP contribution in [0.3, 0.4) is 0 Å². The van der Waals surface area contributed by atoms with Gasteiger partial charge in [-0.05, 0) is 37.6 Å². The predicted octanol–water partition coefficient (Wildman–Crippen LogP) is 2.88. The maximum atomic E-state index is 9.22. The molecule has 0 fully saturated rings. The van der Waals surface area contributed by atoms with Crippen molar-refractivity contribution in [1.82, 2.24) is 5.32 Å². The molecular weight excluding hydrogens is 242 g/mol. The van der Waals surface area contributed by atoms with Crippen molar-refractivity contribution in [3.8, 4) is 0 Å². The smallest absolute Gasteiger partial charge is 0.0564 e. The molecule has 2 N–H and O–H groups in total. The Kier molecular flexibility index (Phi) is 7.40. The van der Waals surface area contributed by atoms with Crippen molar-refractivity contribution < 1.29 is 5.11 Å². The Bertz CT molecular complexity index is 314. The van der Waals surface area contributed by atoms with Crippen molar-refractivity contribution in [3.05, 3.63) is 35.9 Å². The van der Waals surface area contributed by atoms with Gasteiger partial charge in [0.25, 0.3) is 0 Å². The largest absolute Gasteiger partial charge is 0.395 e. The van der Waals surface area contributed by atoms with E-state index in [0.717, 1.165) is 13.0 Å². The van der Waals surface area contributed by atoms with Gasteiger partial charge in [0.15, 0.2) is 0 Å². The summed E-state index contributed by atoms with van der Waals surface area (Å²) in [6.45, 7) is 5.64. The fourth-order valence-electron chi connectivity index (χ4n) is 2.04. The topological polar surface area (TPSA) is 32.3 Å². The normalized spacial score (nSPS) is 16.2. The average molecular weight is 267 g/mol. The third-order valence-corrected chi connectivity index (χ3v) is 4.62. The average Bonchev–Trinajstić information content (AvgIpc) is 2.41. The SMILES string of the molecule is CSC(CO)C(C)NCCC(C)c1ccccc1. The summed E-state index contributed by atoms with van der Waals surface area (Å²) < 4.78 is 0. The molecule has 0 radical (unpaired) electrons. The van der Waals surface area contributed by atoms with E-state index in [4.69, 9.17) is 0 Å². The summed E-state index contributed by atoms with van der Waals surface area (Å²) in [4.78, 5) is 0. The zero-order chi connectivity index (χ0) is 13.4. The molecule has 0 spiro atoms. The van der Waals surface area contributed by atoms with Gasteiger partial charge in [-0.25, -0.2) is 0 Å². The predicted molar refractivity (Wildman–Crippen MR) is 81.3 cm³/mol. The first-order chi connectivity index (χ1) is 8.69. The number of hydrogen-bond acceptors (Lipinski definition) is 3. The van der Waals surface area contributed by atoms with Crippen molar-refractivity contribution in [2.75, 3.05) is 19.4 Å². The standard InChI is InChI=1S/C15H25NOS/c1-12(14-7-5-4-6-8-14)9-10-16-13(2)15(11-17)18-3/h4-8,12-13,15-17H,9-11H2,1-3H3. The van der Waals surface area contributed by atoms with E-state index in [0.29, 0.717) is 12.0 Å². The van der Waals surface area contributed by atoms with Gasteiger partial charge in [0.05, 0.1) is 6.61 Å². The van der Waals surface area contributed by atoms with Crippen molar-refractivity contribution in [1.29, 1.82) is 0 Å². The van der Waals surface area contributed by atoms with Crippen LogP contribution in [0.25, 0.3) is 0 Å². The lowest BCUT2D eigenvalue weighted by atomic mass is 9.98. The second kappa shape index (κ2) is 8.57. The number of thioether (sulfide) groups is 1. The lowest BCUT2D eigenvalue weighted by Crippen LogP contribution is -2.38. The van der Waals surface area contributed by atoms with E-state index in [1.165, 1.54) is 5.56 Å². The second-order valence-electron chi connectivity index (χ2n) is 4.80. The number of benzene rings is 1. The molecule has 0 aliphatic carbocycles. The molecule has 3 heteroatoms. The van der Waals surface area contributed by atoms with Crippen LogP contribution >= 0.6 is 11.8 Å². The fraction of sp³-hybridized carbons (Fsp3) is 0.600. The monoisotopic (exact) mass is 267 g/mol. The lowest BCUT2D eigenvalue weighted by molar-refractivity contribution is 0.275. The van der Waals surface area contributed by atoms with E-state index in [2.05, 4.69) is 49.5 Å². The Hall–Kier alpha value is -0.510. The van der Waals surface area contributed by atoms with Crippen LogP contribution in [0.4, 0.5) is 0 Å². The third-order valence-electron chi connectivity index (χ3n) is 3.45. The van der Waals surface area contributed by atoms with Crippen molar-refractivity contribution in [2.24, 2.45) is 0 Å². The molecule has 18 heavy (non-hydrogen) atoms. The van der Waals surface area contributed by atoms with Crippen LogP contribution in [-0.2, 0) is 0 Å². The molecule has 0 saturated heterocycles. The van der Waals surface area contributed by atoms with E-state index in [1.54, 1.807) is 11.8 Å². The molecule has 1 aromatic rings. The van der Waals surface area contributed by atoms with E-state index in [9.17, 15) is 5.11 Å². The van der Waals surface area contributed by atoms with Gasteiger partial charge in [0.2, 0.25) is 0 Å². The minimum Gasteiger partial charge on any atom is -0.395 e. The third kappa shape index (κ3) is 5.01. The molecule has 0 amide bonds. The maximum absolute atomic E-state index is 9.22. The molecule has 1 aromatic carbocycles. The summed E-state index contributed by atoms with van der Waals surface area (Å²) in [5.74, 6) is 0.577. The van der Waals surface area contributed by atoms with Crippen LogP contribution in [0.15, 0.2) is 30.3 Å². The Morgan fingerprint density at radius 2 is 1.89 bits per heavy atom. The second-order valence-corrected chi connectivity index (χ2v) is 5.88. The van der Waals surface area contributed by atoms with Gasteiger partial charge < -0.3 is 10.4 Å². The molecule has 0 aliphatic heterocycles. The van der Waals surface area contributed by atoms with Crippen LogP contribution in [-0.4, -0.2) is 35.8 Å². The van der Waals surface area contributed by atoms with Crippen LogP contribution in [0.2, 0.25) is 0 Å². The van der Waals surface area contributed by atoms with Crippen LogP contribution in [0.1, 0.15) is 31.7 Å². The summed E-state index contributed by atoms with van der Waals surface area (Å²) in [6, 6.07) is 11.0. The van der Waals surface area contributed by atoms with Crippen LogP contribution in [0, 0.1) is 0 Å². The van der Waals surface area contributed by atoms with Crippen LogP contribution < -0.4 is 5.32 Å². The highest BCUT2D eigenvalue weighted by Crippen LogP contribution is 2.18. The van der Waals surface area contributed by atoms with Gasteiger partial charge in [-0.2, -0.15) is 11.8 Å².